The molecule has 1 fully saturated rings. The van der Waals surface area contributed by atoms with Gasteiger partial charge in [0.05, 0.1) is 6.54 Å². The van der Waals surface area contributed by atoms with E-state index in [0.29, 0.717) is 25.0 Å². The predicted molar refractivity (Wildman–Crippen MR) is 87.0 cm³/mol. The third-order valence-corrected chi connectivity index (χ3v) is 4.50. The van der Waals surface area contributed by atoms with Crippen LogP contribution >= 0.6 is 0 Å². The molecule has 2 atom stereocenters. The highest BCUT2D eigenvalue weighted by molar-refractivity contribution is 5.92. The van der Waals surface area contributed by atoms with E-state index in [1.165, 1.54) is 25.7 Å². The fraction of sp³-hybridized carbons (Fsp3) is 0.588. The van der Waals surface area contributed by atoms with Gasteiger partial charge in [-0.05, 0) is 43.5 Å². The predicted octanol–water partition coefficient (Wildman–Crippen LogP) is 2.59. The van der Waals surface area contributed by atoms with Gasteiger partial charge in [-0.15, -0.1) is 0 Å². The number of benzene rings is 1. The molecule has 0 spiro atoms. The molecule has 0 aromatic heterocycles. The van der Waals surface area contributed by atoms with Crippen molar-refractivity contribution in [2.45, 2.75) is 45.2 Å². The first-order chi connectivity index (χ1) is 10.1. The van der Waals surface area contributed by atoms with Crippen molar-refractivity contribution in [3.63, 3.8) is 0 Å². The van der Waals surface area contributed by atoms with Crippen LogP contribution in [-0.2, 0) is 11.3 Å². The summed E-state index contributed by atoms with van der Waals surface area (Å²) in [5.41, 5.74) is 7.47. The smallest absolute Gasteiger partial charge is 0.238 e. The van der Waals surface area contributed by atoms with Crippen LogP contribution in [0.5, 0.6) is 0 Å². The Hall–Kier alpha value is -1.39. The molecule has 1 aliphatic rings. The van der Waals surface area contributed by atoms with Crippen molar-refractivity contribution in [3.05, 3.63) is 29.8 Å². The van der Waals surface area contributed by atoms with Crippen molar-refractivity contribution in [1.29, 1.82) is 0 Å². The number of rotatable bonds is 5. The van der Waals surface area contributed by atoms with Gasteiger partial charge >= 0.3 is 0 Å². The molecule has 4 heteroatoms. The van der Waals surface area contributed by atoms with Crippen molar-refractivity contribution >= 4 is 11.6 Å². The second-order valence-corrected chi connectivity index (χ2v) is 6.19. The van der Waals surface area contributed by atoms with Gasteiger partial charge in [0.2, 0.25) is 5.91 Å². The Labute approximate surface area is 127 Å². The summed E-state index contributed by atoms with van der Waals surface area (Å²) in [6, 6.07) is 8.24. The van der Waals surface area contributed by atoms with Gasteiger partial charge in [-0.1, -0.05) is 31.9 Å². The molecule has 2 unspecified atom stereocenters. The van der Waals surface area contributed by atoms with Gasteiger partial charge in [0.15, 0.2) is 0 Å². The fourth-order valence-corrected chi connectivity index (χ4v) is 3.22. The van der Waals surface area contributed by atoms with E-state index < -0.39 is 0 Å². The van der Waals surface area contributed by atoms with Gasteiger partial charge in [0.1, 0.15) is 0 Å². The van der Waals surface area contributed by atoms with Gasteiger partial charge < -0.3 is 11.1 Å². The molecule has 116 valence electrons. The number of likely N-dealkylation sites (N-methyl/N-ethyl adjacent to an activating group) is 1. The lowest BCUT2D eigenvalue weighted by atomic mass is 9.85. The molecule has 0 aliphatic heterocycles. The number of hydrogen-bond acceptors (Lipinski definition) is 3. The maximum Gasteiger partial charge on any atom is 0.238 e. The monoisotopic (exact) mass is 289 g/mol. The standard InChI is InChI=1S/C17H27N3O/c1-13-5-3-4-6-16(13)20(2)12-17(21)19-15-9-7-14(11-18)8-10-15/h7-10,13,16H,3-6,11-12,18H2,1-2H3,(H,19,21). The largest absolute Gasteiger partial charge is 0.326 e. The number of amides is 1. The van der Waals surface area contributed by atoms with Gasteiger partial charge in [-0.2, -0.15) is 0 Å². The van der Waals surface area contributed by atoms with Crippen LogP contribution in [-0.4, -0.2) is 30.4 Å². The number of hydrogen-bond donors (Lipinski definition) is 2. The summed E-state index contributed by atoms with van der Waals surface area (Å²) in [7, 11) is 2.06. The zero-order valence-electron chi connectivity index (χ0n) is 13.1. The van der Waals surface area contributed by atoms with Gasteiger partial charge in [0, 0.05) is 18.3 Å². The van der Waals surface area contributed by atoms with Crippen molar-refractivity contribution in [2.75, 3.05) is 18.9 Å². The third-order valence-electron chi connectivity index (χ3n) is 4.50. The minimum Gasteiger partial charge on any atom is -0.326 e. The van der Waals surface area contributed by atoms with Crippen LogP contribution < -0.4 is 11.1 Å². The lowest BCUT2D eigenvalue weighted by molar-refractivity contribution is -0.117. The summed E-state index contributed by atoms with van der Waals surface area (Å²) in [5, 5.41) is 2.96. The highest BCUT2D eigenvalue weighted by Gasteiger charge is 2.25. The Bertz CT molecular complexity index is 458. The van der Waals surface area contributed by atoms with Crippen LogP contribution in [0.1, 0.15) is 38.2 Å². The highest BCUT2D eigenvalue weighted by Crippen LogP contribution is 2.27. The number of anilines is 1. The first kappa shape index (κ1) is 16.0. The molecule has 1 amide bonds. The van der Waals surface area contributed by atoms with Crippen molar-refractivity contribution in [3.8, 4) is 0 Å². The molecule has 0 bridgehead atoms. The first-order valence-corrected chi connectivity index (χ1v) is 7.89. The number of nitrogens with two attached hydrogens (primary N) is 1. The average molecular weight is 289 g/mol. The van der Waals surface area contributed by atoms with Crippen LogP contribution in [0.25, 0.3) is 0 Å². The van der Waals surface area contributed by atoms with E-state index in [-0.39, 0.29) is 5.91 Å². The summed E-state index contributed by atoms with van der Waals surface area (Å²) < 4.78 is 0. The van der Waals surface area contributed by atoms with Crippen LogP contribution in [0.2, 0.25) is 0 Å². The highest BCUT2D eigenvalue weighted by atomic mass is 16.2. The second kappa shape index (κ2) is 7.57. The molecule has 1 saturated carbocycles. The molecule has 1 aliphatic carbocycles. The average Bonchev–Trinajstić information content (AvgIpc) is 2.48. The van der Waals surface area contributed by atoms with E-state index in [2.05, 4.69) is 24.2 Å². The Morgan fingerprint density at radius 2 is 1.95 bits per heavy atom. The quantitative estimate of drug-likeness (QED) is 0.876. The molecule has 21 heavy (non-hydrogen) atoms. The van der Waals surface area contributed by atoms with Gasteiger partial charge in [0.25, 0.3) is 0 Å². The summed E-state index contributed by atoms with van der Waals surface area (Å²) >= 11 is 0. The molecule has 0 radical (unpaired) electrons. The Morgan fingerprint density at radius 3 is 2.57 bits per heavy atom. The molecule has 1 aromatic rings. The zero-order valence-corrected chi connectivity index (χ0v) is 13.1. The number of nitrogens with one attached hydrogen (secondary N) is 1. The summed E-state index contributed by atoms with van der Waals surface area (Å²) in [4.78, 5) is 14.4. The summed E-state index contributed by atoms with van der Waals surface area (Å²) in [5.74, 6) is 0.733. The lowest BCUT2D eigenvalue weighted by Gasteiger charge is -2.35. The maximum absolute atomic E-state index is 12.1. The van der Waals surface area contributed by atoms with E-state index in [0.717, 1.165) is 11.3 Å². The third kappa shape index (κ3) is 4.55. The molecule has 3 N–H and O–H groups in total. The molecular weight excluding hydrogens is 262 g/mol. The molecule has 2 rings (SSSR count). The fourth-order valence-electron chi connectivity index (χ4n) is 3.22. The minimum atomic E-state index is 0.0516. The van der Waals surface area contributed by atoms with E-state index in [1.807, 2.05) is 24.3 Å². The molecule has 1 aromatic carbocycles. The maximum atomic E-state index is 12.1. The number of carbonyl (C=O) groups excluding carboxylic acids is 1. The van der Waals surface area contributed by atoms with Crippen LogP contribution in [0.15, 0.2) is 24.3 Å². The van der Waals surface area contributed by atoms with E-state index in [4.69, 9.17) is 5.73 Å². The summed E-state index contributed by atoms with van der Waals surface area (Å²) in [6.45, 7) is 3.27. The van der Waals surface area contributed by atoms with Gasteiger partial charge in [-0.3, -0.25) is 9.69 Å². The minimum absolute atomic E-state index is 0.0516. The normalized spacial score (nSPS) is 22.3. The van der Waals surface area contributed by atoms with Crippen LogP contribution in [0, 0.1) is 5.92 Å². The molecular formula is C17H27N3O. The number of nitrogens with zero attached hydrogens (tertiary/aromatic N) is 1. The zero-order chi connectivity index (χ0) is 15.2. The number of carbonyl (C=O) groups is 1. The van der Waals surface area contributed by atoms with Crippen molar-refractivity contribution in [2.24, 2.45) is 11.7 Å². The topological polar surface area (TPSA) is 58.4 Å². The SMILES string of the molecule is CC1CCCCC1N(C)CC(=O)Nc1ccc(CN)cc1. The first-order valence-electron chi connectivity index (χ1n) is 7.89. The molecule has 0 heterocycles. The van der Waals surface area contributed by atoms with E-state index >= 15 is 0 Å². The molecule has 0 saturated heterocycles. The Morgan fingerprint density at radius 1 is 1.29 bits per heavy atom. The van der Waals surface area contributed by atoms with E-state index in [9.17, 15) is 4.79 Å². The van der Waals surface area contributed by atoms with E-state index in [1.54, 1.807) is 0 Å². The second-order valence-electron chi connectivity index (χ2n) is 6.19. The van der Waals surface area contributed by atoms with Crippen LogP contribution in [0.4, 0.5) is 5.69 Å². The lowest BCUT2D eigenvalue weighted by Crippen LogP contribution is -2.42. The Balaban J connectivity index is 1.85. The van der Waals surface area contributed by atoms with Crippen molar-refractivity contribution in [1.82, 2.24) is 4.90 Å². The summed E-state index contributed by atoms with van der Waals surface area (Å²) in [6.07, 6.45) is 5.08. The molecule has 4 nitrogen and oxygen atoms in total. The van der Waals surface area contributed by atoms with Crippen LogP contribution in [0.3, 0.4) is 0 Å². The van der Waals surface area contributed by atoms with Gasteiger partial charge in [-0.25, -0.2) is 0 Å². The Kier molecular flexibility index (Phi) is 5.76. The van der Waals surface area contributed by atoms with Crippen molar-refractivity contribution < 1.29 is 4.79 Å².